The molecule has 1 saturated heterocycles. The summed E-state index contributed by atoms with van der Waals surface area (Å²) in [7, 11) is 0.0648. The van der Waals surface area contributed by atoms with Gasteiger partial charge in [0.2, 0.25) is 0 Å². The molecule has 2 aromatic rings. The third kappa shape index (κ3) is 3.80. The number of hydrogen-bond donors (Lipinski definition) is 3. The summed E-state index contributed by atoms with van der Waals surface area (Å²) in [4.78, 5) is 12.7. The Hall–Kier alpha value is -1.26. The fraction of sp³-hybridized carbons (Fsp3) is 0.688. The standard InChI is InChI=1S/C16H26N5O3S/c1-9(17)4-5-25(3)6-11-13(22)14(23)16(24-11)21-8-20-12-10(2)18-7-19-15(12)21/h7-9,11,13-14,16,22-23H,4-6,17H2,1-3H3/q+1/t9-,11-,13-,14-,16-,25?/m1/s1. The Balaban J connectivity index is 1.74. The van der Waals surface area contributed by atoms with Gasteiger partial charge in [-0.05, 0) is 24.7 Å². The van der Waals surface area contributed by atoms with E-state index in [0.717, 1.165) is 17.9 Å². The zero-order chi connectivity index (χ0) is 18.1. The quantitative estimate of drug-likeness (QED) is 0.601. The van der Waals surface area contributed by atoms with Gasteiger partial charge in [0.1, 0.15) is 41.7 Å². The molecule has 0 bridgehead atoms. The maximum atomic E-state index is 10.5. The molecule has 138 valence electrons. The molecule has 6 atom stereocenters. The number of nitrogens with two attached hydrogens (primary N) is 1. The Bertz CT molecular complexity index is 725. The number of ether oxygens (including phenoxy) is 1. The zero-order valence-corrected chi connectivity index (χ0v) is 15.6. The molecular formula is C16H26N5O3S+. The normalized spacial score (nSPS) is 29.2. The number of hydrogen-bond acceptors (Lipinski definition) is 7. The molecule has 25 heavy (non-hydrogen) atoms. The molecular weight excluding hydrogens is 342 g/mol. The summed E-state index contributed by atoms with van der Waals surface area (Å²) < 4.78 is 7.67. The SMILES string of the molecule is Cc1ncnc2c1ncn2[C@@H]1O[C@H](C[S+](C)CC[C@@H](C)N)[C@@H](O)[C@H]1O. The highest BCUT2D eigenvalue weighted by molar-refractivity contribution is 7.96. The van der Waals surface area contributed by atoms with Gasteiger partial charge in [0.15, 0.2) is 11.9 Å². The Labute approximate surface area is 149 Å². The van der Waals surface area contributed by atoms with E-state index in [1.807, 2.05) is 13.8 Å². The number of nitrogens with zero attached hydrogens (tertiary/aromatic N) is 4. The van der Waals surface area contributed by atoms with Crippen molar-refractivity contribution in [2.45, 2.75) is 50.8 Å². The van der Waals surface area contributed by atoms with Gasteiger partial charge in [0.25, 0.3) is 0 Å². The number of aliphatic hydroxyl groups excluding tert-OH is 2. The molecule has 9 heteroatoms. The number of rotatable bonds is 6. The molecule has 0 aliphatic carbocycles. The van der Waals surface area contributed by atoms with Gasteiger partial charge in [-0.2, -0.15) is 0 Å². The summed E-state index contributed by atoms with van der Waals surface area (Å²) >= 11 is 0. The summed E-state index contributed by atoms with van der Waals surface area (Å²) in [5.74, 6) is 1.69. The molecule has 0 saturated carbocycles. The van der Waals surface area contributed by atoms with Crippen molar-refractivity contribution in [2.75, 3.05) is 17.8 Å². The molecule has 1 fully saturated rings. The van der Waals surface area contributed by atoms with E-state index in [-0.39, 0.29) is 16.9 Å². The summed E-state index contributed by atoms with van der Waals surface area (Å²) in [6.45, 7) is 3.85. The van der Waals surface area contributed by atoms with Crippen LogP contribution in [0.5, 0.6) is 0 Å². The highest BCUT2D eigenvalue weighted by atomic mass is 32.2. The van der Waals surface area contributed by atoms with Crippen molar-refractivity contribution in [3.8, 4) is 0 Å². The smallest absolute Gasteiger partial charge is 0.165 e. The van der Waals surface area contributed by atoms with E-state index in [1.165, 1.54) is 6.33 Å². The average molecular weight is 368 g/mol. The van der Waals surface area contributed by atoms with Gasteiger partial charge in [0.05, 0.1) is 18.3 Å². The second-order valence-electron chi connectivity index (χ2n) is 6.75. The van der Waals surface area contributed by atoms with Crippen molar-refractivity contribution >= 4 is 22.1 Å². The molecule has 3 rings (SSSR count). The van der Waals surface area contributed by atoms with E-state index >= 15 is 0 Å². The summed E-state index contributed by atoms with van der Waals surface area (Å²) in [6, 6.07) is 0.169. The van der Waals surface area contributed by atoms with Crippen molar-refractivity contribution in [3.63, 3.8) is 0 Å². The van der Waals surface area contributed by atoms with Crippen LogP contribution < -0.4 is 5.73 Å². The van der Waals surface area contributed by atoms with Gasteiger partial charge >= 0.3 is 0 Å². The van der Waals surface area contributed by atoms with Gasteiger partial charge in [0, 0.05) is 12.5 Å². The van der Waals surface area contributed by atoms with E-state index in [0.29, 0.717) is 16.9 Å². The summed E-state index contributed by atoms with van der Waals surface area (Å²) in [5.41, 5.74) is 7.84. The fourth-order valence-electron chi connectivity index (χ4n) is 3.00. The Morgan fingerprint density at radius 2 is 2.08 bits per heavy atom. The predicted molar refractivity (Wildman–Crippen MR) is 97.3 cm³/mol. The highest BCUT2D eigenvalue weighted by Gasteiger charge is 2.46. The van der Waals surface area contributed by atoms with Crippen molar-refractivity contribution < 1.29 is 14.9 Å². The molecule has 3 heterocycles. The van der Waals surface area contributed by atoms with Crippen molar-refractivity contribution in [3.05, 3.63) is 18.3 Å². The van der Waals surface area contributed by atoms with Gasteiger partial charge in [-0.25, -0.2) is 15.0 Å². The first-order valence-corrected chi connectivity index (χ1v) is 10.4. The molecule has 0 aromatic carbocycles. The van der Waals surface area contributed by atoms with Crippen LogP contribution >= 0.6 is 0 Å². The summed E-state index contributed by atoms with van der Waals surface area (Å²) in [6.07, 6.45) is 3.04. The van der Waals surface area contributed by atoms with Crippen molar-refractivity contribution in [1.82, 2.24) is 19.5 Å². The second kappa shape index (κ2) is 7.55. The Kier molecular flexibility index (Phi) is 5.59. The van der Waals surface area contributed by atoms with Gasteiger partial charge in [-0.1, -0.05) is 0 Å². The maximum absolute atomic E-state index is 10.5. The van der Waals surface area contributed by atoms with Crippen molar-refractivity contribution in [2.24, 2.45) is 5.73 Å². The predicted octanol–water partition coefficient (Wildman–Crippen LogP) is -0.261. The molecule has 8 nitrogen and oxygen atoms in total. The molecule has 0 amide bonds. The largest absolute Gasteiger partial charge is 0.387 e. The minimum Gasteiger partial charge on any atom is -0.387 e. The lowest BCUT2D eigenvalue weighted by Crippen LogP contribution is -2.36. The molecule has 1 aliphatic heterocycles. The van der Waals surface area contributed by atoms with Crippen LogP contribution in [-0.4, -0.2) is 71.8 Å². The first-order chi connectivity index (χ1) is 11.9. The summed E-state index contributed by atoms with van der Waals surface area (Å²) in [5, 5.41) is 20.9. The topological polar surface area (TPSA) is 119 Å². The molecule has 0 spiro atoms. The van der Waals surface area contributed by atoms with Crippen LogP contribution in [-0.2, 0) is 15.6 Å². The van der Waals surface area contributed by atoms with Crippen LogP contribution in [0.4, 0.5) is 0 Å². The van der Waals surface area contributed by atoms with Gasteiger partial charge < -0.3 is 20.7 Å². The molecule has 1 aliphatic rings. The van der Waals surface area contributed by atoms with Crippen LogP contribution in [0.15, 0.2) is 12.7 Å². The first-order valence-electron chi connectivity index (χ1n) is 8.39. The Morgan fingerprint density at radius 1 is 1.32 bits per heavy atom. The maximum Gasteiger partial charge on any atom is 0.165 e. The number of fused-ring (bicyclic) bond motifs is 1. The third-order valence-corrected chi connectivity index (χ3v) is 6.35. The van der Waals surface area contributed by atoms with E-state index < -0.39 is 24.5 Å². The van der Waals surface area contributed by atoms with Crippen LogP contribution in [0, 0.1) is 6.92 Å². The zero-order valence-electron chi connectivity index (χ0n) is 14.7. The van der Waals surface area contributed by atoms with E-state index in [2.05, 4.69) is 21.2 Å². The van der Waals surface area contributed by atoms with Crippen LogP contribution in [0.3, 0.4) is 0 Å². The second-order valence-corrected chi connectivity index (χ2v) is 9.05. The minimum atomic E-state index is -1.02. The van der Waals surface area contributed by atoms with Crippen LogP contribution in [0.1, 0.15) is 25.3 Å². The lowest BCUT2D eigenvalue weighted by Gasteiger charge is -2.16. The minimum absolute atomic E-state index is 0.0648. The van der Waals surface area contributed by atoms with E-state index in [4.69, 9.17) is 10.5 Å². The molecule has 1 unspecified atom stereocenters. The number of aliphatic hydroxyl groups is 2. The van der Waals surface area contributed by atoms with E-state index in [9.17, 15) is 10.2 Å². The lowest BCUT2D eigenvalue weighted by atomic mass is 10.1. The monoisotopic (exact) mass is 368 g/mol. The van der Waals surface area contributed by atoms with Crippen LogP contribution in [0.2, 0.25) is 0 Å². The van der Waals surface area contributed by atoms with E-state index in [1.54, 1.807) is 10.9 Å². The highest BCUT2D eigenvalue weighted by Crippen LogP contribution is 2.32. The number of aromatic nitrogens is 4. The van der Waals surface area contributed by atoms with Crippen molar-refractivity contribution in [1.29, 1.82) is 0 Å². The first kappa shape index (κ1) is 18.5. The molecule has 0 radical (unpaired) electrons. The van der Waals surface area contributed by atoms with Crippen LogP contribution in [0.25, 0.3) is 11.2 Å². The average Bonchev–Trinajstić information content (AvgIpc) is 3.10. The Morgan fingerprint density at radius 3 is 2.80 bits per heavy atom. The van der Waals surface area contributed by atoms with Gasteiger partial charge in [-0.15, -0.1) is 0 Å². The molecule has 2 aromatic heterocycles. The lowest BCUT2D eigenvalue weighted by molar-refractivity contribution is -0.0290. The molecule has 4 N–H and O–H groups in total. The fourth-order valence-corrected chi connectivity index (χ4v) is 4.78. The number of aryl methyl sites for hydroxylation is 1. The third-order valence-electron chi connectivity index (χ3n) is 4.52. The number of imidazole rings is 1. The van der Waals surface area contributed by atoms with Gasteiger partial charge in [-0.3, -0.25) is 4.57 Å².